The van der Waals surface area contributed by atoms with E-state index in [1.165, 1.54) is 16.7 Å². The lowest BCUT2D eigenvalue weighted by molar-refractivity contribution is 0.101. The van der Waals surface area contributed by atoms with Crippen LogP contribution in [-0.2, 0) is 11.2 Å². The molecule has 1 aromatic carbocycles. The predicted molar refractivity (Wildman–Crippen MR) is 79.7 cm³/mol. The number of nitrogens with one attached hydrogen (secondary N) is 1. The lowest BCUT2D eigenvalue weighted by atomic mass is 10.0. The first-order valence-corrected chi connectivity index (χ1v) is 7.32. The van der Waals surface area contributed by atoms with E-state index in [0.29, 0.717) is 0 Å². The topological polar surface area (TPSA) is 24.5 Å². The average Bonchev–Trinajstić information content (AvgIpc) is 2.43. The molecular formula is C16H26N2O. The van der Waals surface area contributed by atoms with Crippen molar-refractivity contribution in [1.82, 2.24) is 10.2 Å². The van der Waals surface area contributed by atoms with E-state index in [9.17, 15) is 0 Å². The van der Waals surface area contributed by atoms with Crippen molar-refractivity contribution in [2.24, 2.45) is 0 Å². The van der Waals surface area contributed by atoms with Crippen LogP contribution in [0.1, 0.15) is 16.7 Å². The van der Waals surface area contributed by atoms with Crippen LogP contribution in [0.4, 0.5) is 0 Å². The van der Waals surface area contributed by atoms with E-state index in [1.807, 2.05) is 0 Å². The van der Waals surface area contributed by atoms with Gasteiger partial charge in [0.15, 0.2) is 0 Å². The molecule has 1 aliphatic heterocycles. The van der Waals surface area contributed by atoms with Crippen molar-refractivity contribution in [2.75, 3.05) is 45.9 Å². The molecule has 0 unspecified atom stereocenters. The number of nitrogens with zero attached hydrogens (tertiary/aromatic N) is 1. The Balaban J connectivity index is 1.62. The molecule has 0 amide bonds. The number of hydrogen-bond acceptors (Lipinski definition) is 3. The molecule has 0 spiro atoms. The Morgan fingerprint density at radius 3 is 2.74 bits per heavy atom. The van der Waals surface area contributed by atoms with Crippen molar-refractivity contribution in [3.05, 3.63) is 34.9 Å². The molecule has 1 heterocycles. The summed E-state index contributed by atoms with van der Waals surface area (Å²) >= 11 is 0. The van der Waals surface area contributed by atoms with E-state index in [-0.39, 0.29) is 0 Å². The maximum Gasteiger partial charge on any atom is 0.0593 e. The van der Waals surface area contributed by atoms with E-state index < -0.39 is 0 Å². The Morgan fingerprint density at radius 2 is 1.95 bits per heavy atom. The third kappa shape index (κ3) is 4.94. The maximum atomic E-state index is 5.77. The van der Waals surface area contributed by atoms with Crippen LogP contribution >= 0.6 is 0 Å². The predicted octanol–water partition coefficient (Wildman–Crippen LogP) is 1.77. The van der Waals surface area contributed by atoms with Gasteiger partial charge in [-0.1, -0.05) is 23.8 Å². The van der Waals surface area contributed by atoms with Crippen molar-refractivity contribution < 1.29 is 4.74 Å². The first-order valence-electron chi connectivity index (χ1n) is 7.32. The Morgan fingerprint density at radius 1 is 1.16 bits per heavy atom. The van der Waals surface area contributed by atoms with Crippen LogP contribution < -0.4 is 5.32 Å². The number of benzene rings is 1. The third-order valence-corrected chi connectivity index (χ3v) is 3.78. The normalized spacial score (nSPS) is 16.7. The second-order valence-electron chi connectivity index (χ2n) is 5.38. The fourth-order valence-corrected chi connectivity index (χ4v) is 2.48. The van der Waals surface area contributed by atoms with Crippen molar-refractivity contribution in [2.45, 2.75) is 20.3 Å². The number of rotatable bonds is 6. The molecule has 1 aliphatic rings. The molecule has 1 aromatic rings. The van der Waals surface area contributed by atoms with Gasteiger partial charge in [-0.25, -0.2) is 0 Å². The molecule has 19 heavy (non-hydrogen) atoms. The van der Waals surface area contributed by atoms with Crippen molar-refractivity contribution in [3.63, 3.8) is 0 Å². The Hall–Kier alpha value is -0.900. The van der Waals surface area contributed by atoms with Gasteiger partial charge < -0.3 is 10.1 Å². The molecule has 0 bridgehead atoms. The van der Waals surface area contributed by atoms with Crippen molar-refractivity contribution in [3.8, 4) is 0 Å². The highest BCUT2D eigenvalue weighted by Crippen LogP contribution is 2.11. The number of ether oxygens (including phenoxy) is 1. The Bertz CT molecular complexity index is 386. The SMILES string of the molecule is Cc1ccc(C)c(CCOCCN2CCNCC2)c1. The summed E-state index contributed by atoms with van der Waals surface area (Å²) in [6, 6.07) is 6.64. The molecule has 1 saturated heterocycles. The average molecular weight is 262 g/mol. The molecule has 0 radical (unpaired) electrons. The molecule has 1 N–H and O–H groups in total. The van der Waals surface area contributed by atoms with E-state index >= 15 is 0 Å². The largest absolute Gasteiger partial charge is 0.380 e. The van der Waals surface area contributed by atoms with Gasteiger partial charge in [-0.2, -0.15) is 0 Å². The summed E-state index contributed by atoms with van der Waals surface area (Å²) in [6.45, 7) is 11.6. The summed E-state index contributed by atoms with van der Waals surface area (Å²) in [7, 11) is 0. The van der Waals surface area contributed by atoms with Crippen LogP contribution in [0.25, 0.3) is 0 Å². The van der Waals surface area contributed by atoms with Gasteiger partial charge in [-0.3, -0.25) is 4.90 Å². The molecule has 0 saturated carbocycles. The van der Waals surface area contributed by atoms with Gasteiger partial charge in [0, 0.05) is 32.7 Å². The number of piperazine rings is 1. The molecule has 106 valence electrons. The smallest absolute Gasteiger partial charge is 0.0593 e. The minimum atomic E-state index is 0.830. The summed E-state index contributed by atoms with van der Waals surface area (Å²) in [6.07, 6.45) is 1.02. The van der Waals surface area contributed by atoms with E-state index in [2.05, 4.69) is 42.3 Å². The molecule has 0 aromatic heterocycles. The van der Waals surface area contributed by atoms with Gasteiger partial charge in [-0.15, -0.1) is 0 Å². The minimum absolute atomic E-state index is 0.830. The minimum Gasteiger partial charge on any atom is -0.380 e. The van der Waals surface area contributed by atoms with Gasteiger partial charge in [0.1, 0.15) is 0 Å². The quantitative estimate of drug-likeness (QED) is 0.791. The maximum absolute atomic E-state index is 5.77. The molecule has 3 nitrogen and oxygen atoms in total. The molecule has 0 atom stereocenters. The lowest BCUT2D eigenvalue weighted by Gasteiger charge is -2.26. The van der Waals surface area contributed by atoms with Crippen LogP contribution in [0.15, 0.2) is 18.2 Å². The Kier molecular flexibility index (Phi) is 5.83. The van der Waals surface area contributed by atoms with E-state index in [0.717, 1.165) is 52.4 Å². The summed E-state index contributed by atoms with van der Waals surface area (Å²) in [5.74, 6) is 0. The van der Waals surface area contributed by atoms with Crippen molar-refractivity contribution in [1.29, 1.82) is 0 Å². The summed E-state index contributed by atoms with van der Waals surface area (Å²) < 4.78 is 5.77. The zero-order valence-corrected chi connectivity index (χ0v) is 12.2. The highest BCUT2D eigenvalue weighted by molar-refractivity contribution is 5.30. The van der Waals surface area contributed by atoms with E-state index in [4.69, 9.17) is 4.74 Å². The van der Waals surface area contributed by atoms with Gasteiger partial charge in [-0.05, 0) is 31.4 Å². The fraction of sp³-hybridized carbons (Fsp3) is 0.625. The van der Waals surface area contributed by atoms with Gasteiger partial charge in [0.25, 0.3) is 0 Å². The first-order chi connectivity index (χ1) is 9.25. The standard InChI is InChI=1S/C16H26N2O/c1-14-3-4-15(2)16(13-14)5-11-19-12-10-18-8-6-17-7-9-18/h3-4,13,17H,5-12H2,1-2H3. The second-order valence-corrected chi connectivity index (χ2v) is 5.38. The molecular weight excluding hydrogens is 236 g/mol. The highest BCUT2D eigenvalue weighted by Gasteiger charge is 2.08. The molecule has 0 aliphatic carbocycles. The Labute approximate surface area is 116 Å². The van der Waals surface area contributed by atoms with Gasteiger partial charge in [0.05, 0.1) is 13.2 Å². The van der Waals surface area contributed by atoms with Crippen LogP contribution in [0, 0.1) is 13.8 Å². The highest BCUT2D eigenvalue weighted by atomic mass is 16.5. The van der Waals surface area contributed by atoms with Gasteiger partial charge in [0.2, 0.25) is 0 Å². The van der Waals surface area contributed by atoms with E-state index in [1.54, 1.807) is 0 Å². The summed E-state index contributed by atoms with van der Waals surface area (Å²) in [5.41, 5.74) is 4.12. The summed E-state index contributed by atoms with van der Waals surface area (Å²) in [4.78, 5) is 2.47. The third-order valence-electron chi connectivity index (χ3n) is 3.78. The summed E-state index contributed by atoms with van der Waals surface area (Å²) in [5, 5.41) is 3.37. The molecule has 3 heteroatoms. The molecule has 2 rings (SSSR count). The van der Waals surface area contributed by atoms with Crippen molar-refractivity contribution >= 4 is 0 Å². The first kappa shape index (κ1) is 14.5. The van der Waals surface area contributed by atoms with Crippen LogP contribution in [0.3, 0.4) is 0 Å². The van der Waals surface area contributed by atoms with Crippen LogP contribution in [0.2, 0.25) is 0 Å². The van der Waals surface area contributed by atoms with Gasteiger partial charge >= 0.3 is 0 Å². The number of aryl methyl sites for hydroxylation is 2. The lowest BCUT2D eigenvalue weighted by Crippen LogP contribution is -2.44. The fourth-order valence-electron chi connectivity index (χ4n) is 2.48. The number of hydrogen-bond donors (Lipinski definition) is 1. The van der Waals surface area contributed by atoms with Crippen LogP contribution in [-0.4, -0.2) is 50.8 Å². The zero-order chi connectivity index (χ0) is 13.5. The molecule has 1 fully saturated rings. The van der Waals surface area contributed by atoms with Crippen LogP contribution in [0.5, 0.6) is 0 Å². The zero-order valence-electron chi connectivity index (χ0n) is 12.2. The monoisotopic (exact) mass is 262 g/mol. The second kappa shape index (κ2) is 7.63.